The molecule has 0 radical (unpaired) electrons. The SMILES string of the molecule is CC(C)[C@H]1COC(/C=C2\[N-][C@@H](C(C)C)CO2)=N1. The summed E-state index contributed by atoms with van der Waals surface area (Å²) in [4.78, 5) is 4.50. The Morgan fingerprint density at radius 1 is 1.18 bits per heavy atom. The average molecular weight is 237 g/mol. The molecule has 0 saturated carbocycles. The maximum absolute atomic E-state index is 5.52. The van der Waals surface area contributed by atoms with Crippen LogP contribution in [0.3, 0.4) is 0 Å². The summed E-state index contributed by atoms with van der Waals surface area (Å²) in [6.07, 6.45) is 1.81. The van der Waals surface area contributed by atoms with Gasteiger partial charge in [0, 0.05) is 12.0 Å². The quantitative estimate of drug-likeness (QED) is 0.757. The smallest absolute Gasteiger partial charge is 0.210 e. The van der Waals surface area contributed by atoms with Crippen LogP contribution in [0.1, 0.15) is 27.7 Å². The molecule has 0 spiro atoms. The fourth-order valence-electron chi connectivity index (χ4n) is 1.76. The maximum Gasteiger partial charge on any atom is 0.210 e. The van der Waals surface area contributed by atoms with Crippen molar-refractivity contribution in [2.75, 3.05) is 13.2 Å². The lowest BCUT2D eigenvalue weighted by molar-refractivity contribution is 0.243. The van der Waals surface area contributed by atoms with Crippen LogP contribution in [-0.4, -0.2) is 31.2 Å². The predicted octanol–water partition coefficient (Wildman–Crippen LogP) is 2.71. The van der Waals surface area contributed by atoms with Crippen molar-refractivity contribution in [3.05, 3.63) is 17.3 Å². The molecule has 2 aliphatic heterocycles. The lowest BCUT2D eigenvalue weighted by atomic mass is 10.1. The molecular formula is C13H21N2O2-. The van der Waals surface area contributed by atoms with Crippen LogP contribution in [0.5, 0.6) is 0 Å². The summed E-state index contributed by atoms with van der Waals surface area (Å²) in [5.41, 5.74) is 0. The highest BCUT2D eigenvalue weighted by atomic mass is 16.5. The molecule has 1 saturated heterocycles. The van der Waals surface area contributed by atoms with E-state index in [0.29, 0.717) is 36.8 Å². The Balaban J connectivity index is 1.95. The minimum atomic E-state index is 0.268. The van der Waals surface area contributed by atoms with Crippen LogP contribution >= 0.6 is 0 Å². The highest BCUT2D eigenvalue weighted by molar-refractivity contribution is 5.89. The molecule has 4 heteroatoms. The van der Waals surface area contributed by atoms with Gasteiger partial charge in [-0.15, -0.1) is 0 Å². The van der Waals surface area contributed by atoms with E-state index < -0.39 is 0 Å². The highest BCUT2D eigenvalue weighted by Gasteiger charge is 2.21. The molecule has 4 nitrogen and oxygen atoms in total. The second-order valence-electron chi connectivity index (χ2n) is 5.32. The zero-order valence-electron chi connectivity index (χ0n) is 11.0. The van der Waals surface area contributed by atoms with Crippen molar-refractivity contribution in [3.63, 3.8) is 0 Å². The molecule has 2 aliphatic rings. The Labute approximate surface area is 103 Å². The Kier molecular flexibility index (Phi) is 3.60. The van der Waals surface area contributed by atoms with Crippen LogP contribution < -0.4 is 0 Å². The van der Waals surface area contributed by atoms with Crippen LogP contribution in [0.25, 0.3) is 5.32 Å². The van der Waals surface area contributed by atoms with Crippen molar-refractivity contribution in [3.8, 4) is 0 Å². The van der Waals surface area contributed by atoms with Crippen LogP contribution in [0.4, 0.5) is 0 Å². The Hall–Kier alpha value is -1.19. The predicted molar refractivity (Wildman–Crippen MR) is 68.0 cm³/mol. The molecule has 0 amide bonds. The third-order valence-corrected chi connectivity index (χ3v) is 3.18. The van der Waals surface area contributed by atoms with E-state index in [-0.39, 0.29) is 12.1 Å². The second kappa shape index (κ2) is 4.98. The van der Waals surface area contributed by atoms with Crippen molar-refractivity contribution in [2.24, 2.45) is 16.8 Å². The van der Waals surface area contributed by atoms with Gasteiger partial charge in [0.15, 0.2) is 0 Å². The molecule has 17 heavy (non-hydrogen) atoms. The number of hydrogen-bond donors (Lipinski definition) is 0. The largest absolute Gasteiger partial charge is 0.648 e. The number of ether oxygens (including phenoxy) is 2. The van der Waals surface area contributed by atoms with E-state index in [9.17, 15) is 0 Å². The Morgan fingerprint density at radius 2 is 1.94 bits per heavy atom. The van der Waals surface area contributed by atoms with Gasteiger partial charge in [0.25, 0.3) is 0 Å². The van der Waals surface area contributed by atoms with Crippen molar-refractivity contribution < 1.29 is 9.47 Å². The number of hydrogen-bond acceptors (Lipinski definition) is 3. The monoisotopic (exact) mass is 237 g/mol. The summed E-state index contributed by atoms with van der Waals surface area (Å²) in [6, 6.07) is 0.535. The van der Waals surface area contributed by atoms with Gasteiger partial charge >= 0.3 is 0 Å². The minimum absolute atomic E-state index is 0.268. The third-order valence-electron chi connectivity index (χ3n) is 3.18. The average Bonchev–Trinajstić information content (AvgIpc) is 2.87. The summed E-state index contributed by atoms with van der Waals surface area (Å²) >= 11 is 0. The molecule has 96 valence electrons. The minimum Gasteiger partial charge on any atom is -0.648 e. The summed E-state index contributed by atoms with van der Waals surface area (Å²) in [7, 11) is 0. The van der Waals surface area contributed by atoms with Crippen molar-refractivity contribution >= 4 is 5.90 Å². The third kappa shape index (κ3) is 2.93. The molecule has 0 aromatic carbocycles. The zero-order valence-corrected chi connectivity index (χ0v) is 11.0. The lowest BCUT2D eigenvalue weighted by Crippen LogP contribution is -2.13. The Bertz CT molecular complexity index is 334. The molecule has 0 unspecified atom stereocenters. The van der Waals surface area contributed by atoms with Crippen molar-refractivity contribution in [1.82, 2.24) is 0 Å². The second-order valence-corrected chi connectivity index (χ2v) is 5.32. The van der Waals surface area contributed by atoms with E-state index in [4.69, 9.17) is 9.47 Å². The van der Waals surface area contributed by atoms with E-state index in [0.717, 1.165) is 0 Å². The molecule has 0 aromatic heterocycles. The van der Waals surface area contributed by atoms with E-state index in [1.165, 1.54) is 0 Å². The van der Waals surface area contributed by atoms with Crippen LogP contribution in [0.15, 0.2) is 17.0 Å². The molecular weight excluding hydrogens is 216 g/mol. The first-order valence-corrected chi connectivity index (χ1v) is 6.32. The van der Waals surface area contributed by atoms with Gasteiger partial charge in [-0.1, -0.05) is 39.7 Å². The Morgan fingerprint density at radius 3 is 2.47 bits per heavy atom. The van der Waals surface area contributed by atoms with Gasteiger partial charge < -0.3 is 14.8 Å². The summed E-state index contributed by atoms with van der Waals surface area (Å²) in [5, 5.41) is 4.50. The van der Waals surface area contributed by atoms with Gasteiger partial charge in [-0.3, -0.25) is 0 Å². The van der Waals surface area contributed by atoms with E-state index in [1.54, 1.807) is 0 Å². The van der Waals surface area contributed by atoms with Gasteiger partial charge in [-0.2, -0.15) is 0 Å². The van der Waals surface area contributed by atoms with Gasteiger partial charge in [0.1, 0.15) is 6.61 Å². The number of rotatable bonds is 3. The normalized spacial score (nSPS) is 30.5. The lowest BCUT2D eigenvalue weighted by Gasteiger charge is -2.24. The first-order chi connectivity index (χ1) is 8.06. The maximum atomic E-state index is 5.52. The molecule has 1 fully saturated rings. The molecule has 2 heterocycles. The summed E-state index contributed by atoms with van der Waals surface area (Å²) in [5.74, 6) is 2.34. The zero-order chi connectivity index (χ0) is 12.4. The van der Waals surface area contributed by atoms with E-state index in [1.807, 2.05) is 6.08 Å². The summed E-state index contributed by atoms with van der Waals surface area (Å²) < 4.78 is 11.0. The van der Waals surface area contributed by atoms with E-state index in [2.05, 4.69) is 38.0 Å². The van der Waals surface area contributed by atoms with Gasteiger partial charge in [-0.05, 0) is 5.92 Å². The molecule has 2 atom stereocenters. The first-order valence-electron chi connectivity index (χ1n) is 6.32. The van der Waals surface area contributed by atoms with Crippen molar-refractivity contribution in [2.45, 2.75) is 39.8 Å². The molecule has 0 aliphatic carbocycles. The van der Waals surface area contributed by atoms with Crippen LogP contribution in [0, 0.1) is 11.8 Å². The number of nitrogens with zero attached hydrogens (tertiary/aromatic N) is 2. The van der Waals surface area contributed by atoms with E-state index >= 15 is 0 Å². The standard InChI is InChI=1S/C13H21N2O2/c1-8(2)10-6-16-12(14-10)5-13-15-11(7-17-13)9(3)4/h5,8-11H,6-7H2,1-4H3/q-1/b12-5+/t10-,11-/m1/s1. The molecule has 0 bridgehead atoms. The molecule has 0 aromatic rings. The van der Waals surface area contributed by atoms with Gasteiger partial charge in [-0.25, -0.2) is 4.99 Å². The topological polar surface area (TPSA) is 44.9 Å². The fraction of sp³-hybridized carbons (Fsp3) is 0.769. The van der Waals surface area contributed by atoms with Crippen molar-refractivity contribution in [1.29, 1.82) is 0 Å². The van der Waals surface area contributed by atoms with Crippen LogP contribution in [-0.2, 0) is 9.47 Å². The van der Waals surface area contributed by atoms with Gasteiger partial charge in [0.2, 0.25) is 5.90 Å². The fourth-order valence-corrected chi connectivity index (χ4v) is 1.76. The molecule has 0 N–H and O–H groups in total. The first kappa shape index (κ1) is 12.3. The van der Waals surface area contributed by atoms with Gasteiger partial charge in [0.05, 0.1) is 12.6 Å². The molecule has 2 rings (SSSR count). The number of aliphatic imine (C=N–C) groups is 1. The summed E-state index contributed by atoms with van der Waals surface area (Å²) in [6.45, 7) is 9.95. The van der Waals surface area contributed by atoms with Crippen LogP contribution in [0.2, 0.25) is 0 Å². The highest BCUT2D eigenvalue weighted by Crippen LogP contribution is 2.27.